The predicted octanol–water partition coefficient (Wildman–Crippen LogP) is 2.67. The Morgan fingerprint density at radius 2 is 2.15 bits per heavy atom. The third kappa shape index (κ3) is 4.35. The van der Waals surface area contributed by atoms with Crippen molar-refractivity contribution in [2.24, 2.45) is 10.7 Å². The number of nitrogens with two attached hydrogens (primary N) is 1. The summed E-state index contributed by atoms with van der Waals surface area (Å²) in [6, 6.07) is 10.2. The van der Waals surface area contributed by atoms with Crippen molar-refractivity contribution >= 4 is 17.3 Å². The molecule has 1 aromatic heterocycles. The summed E-state index contributed by atoms with van der Waals surface area (Å²) in [5, 5.41) is 6.27. The Morgan fingerprint density at radius 3 is 2.90 bits per heavy atom. The van der Waals surface area contributed by atoms with E-state index in [4.69, 9.17) is 5.73 Å². The second kappa shape index (κ2) is 7.65. The van der Waals surface area contributed by atoms with Gasteiger partial charge < -0.3 is 11.1 Å². The van der Waals surface area contributed by atoms with Gasteiger partial charge in [0, 0.05) is 30.5 Å². The molecule has 0 bridgehead atoms. The predicted molar refractivity (Wildman–Crippen MR) is 86.0 cm³/mol. The summed E-state index contributed by atoms with van der Waals surface area (Å²) in [4.78, 5) is 8.83. The summed E-state index contributed by atoms with van der Waals surface area (Å²) in [5.74, 6) is 0.519. The number of rotatable bonds is 6. The first-order chi connectivity index (χ1) is 9.79. The Hall–Kier alpha value is -1.88. The number of hydrogen-bond acceptors (Lipinski definition) is 3. The molecule has 0 unspecified atom stereocenters. The Balaban J connectivity index is 1.85. The molecular weight excluding hydrogens is 268 g/mol. The maximum Gasteiger partial charge on any atom is 0.188 e. The lowest BCUT2D eigenvalue weighted by Crippen LogP contribution is -2.33. The third-order valence-corrected chi connectivity index (χ3v) is 3.71. The van der Waals surface area contributed by atoms with E-state index in [9.17, 15) is 0 Å². The average molecular weight is 288 g/mol. The first-order valence-corrected chi connectivity index (χ1v) is 7.71. The van der Waals surface area contributed by atoms with Crippen molar-refractivity contribution in [3.63, 3.8) is 0 Å². The van der Waals surface area contributed by atoms with Crippen LogP contribution in [0.15, 0.2) is 40.7 Å². The van der Waals surface area contributed by atoms with Crippen molar-refractivity contribution in [2.75, 3.05) is 13.1 Å². The van der Waals surface area contributed by atoms with Crippen LogP contribution in [-0.2, 0) is 6.42 Å². The van der Waals surface area contributed by atoms with Gasteiger partial charge in [-0.1, -0.05) is 37.3 Å². The first kappa shape index (κ1) is 14.5. The van der Waals surface area contributed by atoms with Gasteiger partial charge >= 0.3 is 0 Å². The highest BCUT2D eigenvalue weighted by atomic mass is 32.1. The molecule has 0 atom stereocenters. The molecule has 1 aromatic carbocycles. The van der Waals surface area contributed by atoms with Crippen molar-refractivity contribution in [1.29, 1.82) is 0 Å². The molecule has 2 aromatic rings. The van der Waals surface area contributed by atoms with E-state index in [-0.39, 0.29) is 0 Å². The number of aromatic nitrogens is 1. The average Bonchev–Trinajstić information content (AvgIpc) is 2.95. The molecule has 0 aliphatic heterocycles. The van der Waals surface area contributed by atoms with Crippen LogP contribution in [0.3, 0.4) is 0 Å². The number of nitrogens with one attached hydrogen (secondary N) is 1. The number of hydrogen-bond donors (Lipinski definition) is 2. The summed E-state index contributed by atoms with van der Waals surface area (Å²) in [7, 11) is 0. The zero-order chi connectivity index (χ0) is 14.2. The van der Waals surface area contributed by atoms with Gasteiger partial charge in [-0.05, 0) is 6.42 Å². The largest absolute Gasteiger partial charge is 0.370 e. The fourth-order valence-corrected chi connectivity index (χ4v) is 2.60. The quantitative estimate of drug-likeness (QED) is 0.634. The van der Waals surface area contributed by atoms with Crippen LogP contribution in [0.1, 0.15) is 19.0 Å². The number of thiazole rings is 1. The molecule has 0 fully saturated rings. The van der Waals surface area contributed by atoms with Crippen molar-refractivity contribution in [3.05, 3.63) is 41.4 Å². The smallest absolute Gasteiger partial charge is 0.188 e. The number of guanidine groups is 1. The number of benzene rings is 1. The van der Waals surface area contributed by atoms with Crippen LogP contribution in [0.5, 0.6) is 0 Å². The van der Waals surface area contributed by atoms with Crippen LogP contribution in [0.2, 0.25) is 0 Å². The van der Waals surface area contributed by atoms with Gasteiger partial charge in [-0.15, -0.1) is 11.3 Å². The highest BCUT2D eigenvalue weighted by molar-refractivity contribution is 7.13. The van der Waals surface area contributed by atoms with Gasteiger partial charge in [0.15, 0.2) is 5.96 Å². The van der Waals surface area contributed by atoms with E-state index < -0.39 is 0 Å². The maximum atomic E-state index is 5.74. The van der Waals surface area contributed by atoms with E-state index >= 15 is 0 Å². The fraction of sp³-hybridized carbons (Fsp3) is 0.333. The molecule has 5 heteroatoms. The zero-order valence-electron chi connectivity index (χ0n) is 11.7. The van der Waals surface area contributed by atoms with E-state index in [1.807, 2.05) is 18.2 Å². The standard InChI is InChI=1S/C15H20N4S/c1-2-9-17-15(16)18-10-8-13-11-20-14(19-13)12-6-4-3-5-7-12/h3-7,11H,2,8-10H2,1H3,(H3,16,17,18). The second-order valence-corrected chi connectivity index (χ2v) is 5.31. The van der Waals surface area contributed by atoms with Crippen LogP contribution in [0, 0.1) is 0 Å². The monoisotopic (exact) mass is 288 g/mol. The van der Waals surface area contributed by atoms with E-state index in [0.29, 0.717) is 5.96 Å². The molecule has 1 heterocycles. The lowest BCUT2D eigenvalue weighted by molar-refractivity contribution is 0.827. The Kier molecular flexibility index (Phi) is 5.55. The Bertz CT molecular complexity index is 548. The minimum atomic E-state index is 0.519. The van der Waals surface area contributed by atoms with E-state index in [0.717, 1.165) is 36.6 Å². The van der Waals surface area contributed by atoms with Crippen molar-refractivity contribution in [3.8, 4) is 10.6 Å². The Morgan fingerprint density at radius 1 is 1.35 bits per heavy atom. The third-order valence-electron chi connectivity index (χ3n) is 2.77. The van der Waals surface area contributed by atoms with E-state index in [2.05, 4.69) is 39.7 Å². The Labute approximate surface area is 123 Å². The summed E-state index contributed by atoms with van der Waals surface area (Å²) in [6.45, 7) is 3.61. The van der Waals surface area contributed by atoms with Gasteiger partial charge in [-0.25, -0.2) is 4.98 Å². The van der Waals surface area contributed by atoms with Gasteiger partial charge in [-0.2, -0.15) is 0 Å². The number of nitrogens with zero attached hydrogens (tertiary/aromatic N) is 2. The van der Waals surface area contributed by atoms with Crippen molar-refractivity contribution < 1.29 is 0 Å². The SMILES string of the molecule is CCCN=C(N)NCCc1csc(-c2ccccc2)n1. The van der Waals surface area contributed by atoms with Crippen LogP contribution in [-0.4, -0.2) is 24.0 Å². The molecule has 0 amide bonds. The second-order valence-electron chi connectivity index (χ2n) is 4.45. The molecule has 20 heavy (non-hydrogen) atoms. The van der Waals surface area contributed by atoms with Crippen molar-refractivity contribution in [2.45, 2.75) is 19.8 Å². The van der Waals surface area contributed by atoms with Crippen LogP contribution >= 0.6 is 11.3 Å². The molecule has 0 aliphatic carbocycles. The van der Waals surface area contributed by atoms with E-state index in [1.54, 1.807) is 11.3 Å². The van der Waals surface area contributed by atoms with Crippen LogP contribution < -0.4 is 11.1 Å². The number of aliphatic imine (C=N–C) groups is 1. The lowest BCUT2D eigenvalue weighted by Gasteiger charge is -2.03. The fourth-order valence-electron chi connectivity index (χ4n) is 1.74. The minimum Gasteiger partial charge on any atom is -0.370 e. The van der Waals surface area contributed by atoms with Gasteiger partial charge in [0.05, 0.1) is 5.69 Å². The highest BCUT2D eigenvalue weighted by Crippen LogP contribution is 2.23. The normalized spacial score (nSPS) is 11.6. The van der Waals surface area contributed by atoms with Crippen LogP contribution in [0.25, 0.3) is 10.6 Å². The zero-order valence-corrected chi connectivity index (χ0v) is 12.5. The molecule has 0 spiro atoms. The van der Waals surface area contributed by atoms with Gasteiger partial charge in [-0.3, -0.25) is 4.99 Å². The van der Waals surface area contributed by atoms with Gasteiger partial charge in [0.1, 0.15) is 5.01 Å². The topological polar surface area (TPSA) is 63.3 Å². The molecule has 0 radical (unpaired) electrons. The first-order valence-electron chi connectivity index (χ1n) is 6.83. The summed E-state index contributed by atoms with van der Waals surface area (Å²) in [5.41, 5.74) is 8.00. The summed E-state index contributed by atoms with van der Waals surface area (Å²) >= 11 is 1.67. The molecule has 0 saturated carbocycles. The van der Waals surface area contributed by atoms with Gasteiger partial charge in [0.25, 0.3) is 0 Å². The van der Waals surface area contributed by atoms with E-state index in [1.165, 1.54) is 5.56 Å². The van der Waals surface area contributed by atoms with Crippen molar-refractivity contribution in [1.82, 2.24) is 10.3 Å². The molecule has 2 rings (SSSR count). The highest BCUT2D eigenvalue weighted by Gasteiger charge is 2.04. The summed E-state index contributed by atoms with van der Waals surface area (Å²) < 4.78 is 0. The molecule has 0 saturated heterocycles. The minimum absolute atomic E-state index is 0.519. The van der Waals surface area contributed by atoms with Crippen LogP contribution in [0.4, 0.5) is 0 Å². The maximum absolute atomic E-state index is 5.74. The molecule has 4 nitrogen and oxygen atoms in total. The molecule has 3 N–H and O–H groups in total. The lowest BCUT2D eigenvalue weighted by atomic mass is 10.2. The summed E-state index contributed by atoms with van der Waals surface area (Å²) in [6.07, 6.45) is 1.86. The van der Waals surface area contributed by atoms with Gasteiger partial charge in [0.2, 0.25) is 0 Å². The molecule has 0 aliphatic rings. The molecular formula is C15H20N4S. The molecule has 106 valence electrons.